The molecule has 1 heterocycles. The van der Waals surface area contributed by atoms with Crippen LogP contribution in [-0.2, 0) is 9.59 Å². The minimum atomic E-state index is -0.0869. The average molecular weight is 198 g/mol. The third kappa shape index (κ3) is 2.32. The Hall–Kier alpha value is -0.900. The van der Waals surface area contributed by atoms with E-state index in [1.807, 2.05) is 20.9 Å². The summed E-state index contributed by atoms with van der Waals surface area (Å²) >= 11 is 0. The molecule has 0 radical (unpaired) electrons. The van der Waals surface area contributed by atoms with E-state index in [0.717, 1.165) is 19.4 Å². The summed E-state index contributed by atoms with van der Waals surface area (Å²) in [5.41, 5.74) is 0. The topological polar surface area (TPSA) is 40.6 Å². The lowest BCUT2D eigenvalue weighted by Gasteiger charge is -2.37. The number of piperazine rings is 1. The van der Waals surface area contributed by atoms with Gasteiger partial charge in [0.05, 0.1) is 6.04 Å². The normalized spacial score (nSPS) is 26.4. The molecule has 1 aliphatic heterocycles. The van der Waals surface area contributed by atoms with Gasteiger partial charge in [-0.25, -0.2) is 0 Å². The van der Waals surface area contributed by atoms with Crippen LogP contribution >= 0.6 is 0 Å². The molecular weight excluding hydrogens is 180 g/mol. The zero-order valence-electron chi connectivity index (χ0n) is 9.06. The number of carbonyl (C=O) groups excluding carboxylic acids is 2. The summed E-state index contributed by atoms with van der Waals surface area (Å²) < 4.78 is 0. The lowest BCUT2D eigenvalue weighted by molar-refractivity contribution is -0.140. The van der Waals surface area contributed by atoms with Crippen LogP contribution in [0.3, 0.4) is 0 Å². The monoisotopic (exact) mass is 198 g/mol. The van der Waals surface area contributed by atoms with Crippen molar-refractivity contribution in [2.24, 2.45) is 5.92 Å². The van der Waals surface area contributed by atoms with Crippen LogP contribution in [0.25, 0.3) is 0 Å². The van der Waals surface area contributed by atoms with Crippen LogP contribution in [-0.4, -0.2) is 54.7 Å². The van der Waals surface area contributed by atoms with Crippen molar-refractivity contribution >= 4 is 12.2 Å². The molecule has 0 aromatic rings. The summed E-state index contributed by atoms with van der Waals surface area (Å²) in [5.74, 6) is 0.156. The van der Waals surface area contributed by atoms with E-state index >= 15 is 0 Å². The molecule has 0 spiro atoms. The van der Waals surface area contributed by atoms with E-state index in [-0.39, 0.29) is 17.9 Å². The van der Waals surface area contributed by atoms with Crippen LogP contribution in [0.15, 0.2) is 0 Å². The summed E-state index contributed by atoms with van der Waals surface area (Å²) in [6.45, 7) is 6.08. The fourth-order valence-corrected chi connectivity index (χ4v) is 1.72. The highest BCUT2D eigenvalue weighted by Crippen LogP contribution is 2.11. The number of rotatable bonds is 3. The quantitative estimate of drug-likeness (QED) is 0.599. The minimum Gasteiger partial charge on any atom is -0.343 e. The molecule has 0 aromatic carbocycles. The van der Waals surface area contributed by atoms with Crippen molar-refractivity contribution in [3.63, 3.8) is 0 Å². The Labute approximate surface area is 84.9 Å². The first kappa shape index (κ1) is 11.2. The Balaban J connectivity index is 2.55. The van der Waals surface area contributed by atoms with E-state index in [1.54, 1.807) is 4.90 Å². The van der Waals surface area contributed by atoms with Gasteiger partial charge in [-0.1, -0.05) is 6.92 Å². The van der Waals surface area contributed by atoms with Crippen LogP contribution in [0.5, 0.6) is 0 Å². The van der Waals surface area contributed by atoms with Crippen LogP contribution in [0.1, 0.15) is 13.8 Å². The van der Waals surface area contributed by atoms with Crippen molar-refractivity contribution in [1.82, 2.24) is 9.80 Å². The second-order valence-electron chi connectivity index (χ2n) is 4.04. The zero-order valence-corrected chi connectivity index (χ0v) is 9.06. The highest BCUT2D eigenvalue weighted by Gasteiger charge is 2.29. The van der Waals surface area contributed by atoms with Gasteiger partial charge in [-0.05, 0) is 6.92 Å². The Morgan fingerprint density at radius 3 is 2.79 bits per heavy atom. The van der Waals surface area contributed by atoms with E-state index < -0.39 is 0 Å². The molecule has 0 saturated carbocycles. The number of hydrogen-bond acceptors (Lipinski definition) is 3. The van der Waals surface area contributed by atoms with Gasteiger partial charge >= 0.3 is 0 Å². The summed E-state index contributed by atoms with van der Waals surface area (Å²) in [6, 6.07) is -0.0869. The molecule has 14 heavy (non-hydrogen) atoms. The Morgan fingerprint density at radius 1 is 1.57 bits per heavy atom. The molecule has 1 saturated heterocycles. The van der Waals surface area contributed by atoms with E-state index in [2.05, 4.69) is 4.90 Å². The number of amides is 1. The molecule has 1 amide bonds. The standard InChI is InChI=1S/C10H18N2O2/c1-8(7-13)6-12-5-4-11(3)10(14)9(12)2/h7-9H,4-6H2,1-3H3. The van der Waals surface area contributed by atoms with Gasteiger partial charge in [0, 0.05) is 32.6 Å². The fraction of sp³-hybridized carbons (Fsp3) is 0.800. The zero-order chi connectivity index (χ0) is 10.7. The molecule has 1 fully saturated rings. The average Bonchev–Trinajstić information content (AvgIpc) is 2.19. The van der Waals surface area contributed by atoms with Gasteiger partial charge in [-0.2, -0.15) is 0 Å². The van der Waals surface area contributed by atoms with Crippen LogP contribution in [0.4, 0.5) is 0 Å². The van der Waals surface area contributed by atoms with Crippen LogP contribution in [0.2, 0.25) is 0 Å². The first-order chi connectivity index (χ1) is 6.56. The maximum atomic E-state index is 11.6. The highest BCUT2D eigenvalue weighted by atomic mass is 16.2. The van der Waals surface area contributed by atoms with E-state index in [9.17, 15) is 9.59 Å². The molecule has 80 valence electrons. The van der Waals surface area contributed by atoms with Gasteiger partial charge in [0.1, 0.15) is 6.29 Å². The minimum absolute atomic E-state index is 0.00801. The number of carbonyl (C=O) groups is 2. The number of hydrogen-bond donors (Lipinski definition) is 0. The third-order valence-corrected chi connectivity index (χ3v) is 2.76. The molecule has 4 nitrogen and oxygen atoms in total. The third-order valence-electron chi connectivity index (χ3n) is 2.76. The fourth-order valence-electron chi connectivity index (χ4n) is 1.72. The van der Waals surface area contributed by atoms with Gasteiger partial charge in [0.15, 0.2) is 0 Å². The molecule has 1 aliphatic rings. The second kappa shape index (κ2) is 4.55. The lowest BCUT2D eigenvalue weighted by atomic mass is 10.1. The summed E-state index contributed by atoms with van der Waals surface area (Å²) in [4.78, 5) is 25.9. The molecule has 0 N–H and O–H groups in total. The molecule has 4 heteroatoms. The van der Waals surface area contributed by atoms with Crippen molar-refractivity contribution in [1.29, 1.82) is 0 Å². The second-order valence-corrected chi connectivity index (χ2v) is 4.04. The number of nitrogens with zero attached hydrogens (tertiary/aromatic N) is 2. The van der Waals surface area contributed by atoms with E-state index in [1.165, 1.54) is 0 Å². The Morgan fingerprint density at radius 2 is 2.21 bits per heavy atom. The maximum absolute atomic E-state index is 11.6. The van der Waals surface area contributed by atoms with Gasteiger partial charge < -0.3 is 9.69 Å². The predicted octanol–water partition coefficient (Wildman–Crippen LogP) is -0.0161. The molecule has 2 atom stereocenters. The van der Waals surface area contributed by atoms with Crippen molar-refractivity contribution in [2.75, 3.05) is 26.7 Å². The molecule has 0 bridgehead atoms. The summed E-state index contributed by atoms with van der Waals surface area (Å²) in [6.07, 6.45) is 0.940. The molecule has 0 aliphatic carbocycles. The Kier molecular flexibility index (Phi) is 3.63. The molecular formula is C10H18N2O2. The largest absolute Gasteiger partial charge is 0.343 e. The summed E-state index contributed by atoms with van der Waals surface area (Å²) in [7, 11) is 1.82. The van der Waals surface area contributed by atoms with Gasteiger partial charge in [-0.3, -0.25) is 9.69 Å². The lowest BCUT2D eigenvalue weighted by Crippen LogP contribution is -2.55. The molecule has 1 rings (SSSR count). The predicted molar refractivity (Wildman–Crippen MR) is 53.9 cm³/mol. The molecule has 0 aromatic heterocycles. The SMILES string of the molecule is CC(C=O)CN1CCN(C)C(=O)C1C. The van der Waals surface area contributed by atoms with Crippen LogP contribution in [0, 0.1) is 5.92 Å². The Bertz CT molecular complexity index is 230. The van der Waals surface area contributed by atoms with Crippen LogP contribution < -0.4 is 0 Å². The number of likely N-dealkylation sites (N-methyl/N-ethyl adjacent to an activating group) is 1. The van der Waals surface area contributed by atoms with Crippen molar-refractivity contribution in [3.05, 3.63) is 0 Å². The first-order valence-corrected chi connectivity index (χ1v) is 5.00. The number of aldehydes is 1. The highest BCUT2D eigenvalue weighted by molar-refractivity contribution is 5.82. The summed E-state index contributed by atoms with van der Waals surface area (Å²) in [5, 5.41) is 0. The van der Waals surface area contributed by atoms with E-state index in [0.29, 0.717) is 6.54 Å². The van der Waals surface area contributed by atoms with Gasteiger partial charge in [-0.15, -0.1) is 0 Å². The van der Waals surface area contributed by atoms with E-state index in [4.69, 9.17) is 0 Å². The van der Waals surface area contributed by atoms with Crippen molar-refractivity contribution in [3.8, 4) is 0 Å². The van der Waals surface area contributed by atoms with Crippen molar-refractivity contribution < 1.29 is 9.59 Å². The molecule has 2 unspecified atom stereocenters. The van der Waals surface area contributed by atoms with Gasteiger partial charge in [0.2, 0.25) is 5.91 Å². The van der Waals surface area contributed by atoms with Gasteiger partial charge in [0.25, 0.3) is 0 Å². The first-order valence-electron chi connectivity index (χ1n) is 5.00. The smallest absolute Gasteiger partial charge is 0.239 e. The maximum Gasteiger partial charge on any atom is 0.239 e. The van der Waals surface area contributed by atoms with Crippen molar-refractivity contribution in [2.45, 2.75) is 19.9 Å².